The van der Waals surface area contributed by atoms with Crippen LogP contribution in [0.1, 0.15) is 19.8 Å². The minimum Gasteiger partial charge on any atom is -0.0985 e. The maximum absolute atomic E-state index is 3.81. The van der Waals surface area contributed by atoms with Gasteiger partial charge in [-0.3, -0.25) is 0 Å². The Bertz CT molecular complexity index is 359. The van der Waals surface area contributed by atoms with Crippen LogP contribution in [0.25, 0.3) is 0 Å². The molecule has 0 N–H and O–H groups in total. The van der Waals surface area contributed by atoms with E-state index in [2.05, 4.69) is 50.5 Å². The molecule has 0 amide bonds. The van der Waals surface area contributed by atoms with E-state index in [0.717, 1.165) is 18.4 Å². The molecule has 15 heavy (non-hydrogen) atoms. The first kappa shape index (κ1) is 11.5. The molecule has 0 aromatic rings. The van der Waals surface area contributed by atoms with Crippen LogP contribution in [-0.2, 0) is 0 Å². The van der Waals surface area contributed by atoms with Gasteiger partial charge in [0.05, 0.1) is 0 Å². The molecule has 0 aromatic carbocycles. The lowest BCUT2D eigenvalue weighted by Crippen LogP contribution is -1.92. The summed E-state index contributed by atoms with van der Waals surface area (Å²) in [4.78, 5) is 0. The third-order valence-electron chi connectivity index (χ3n) is 2.35. The molecule has 0 aliphatic heterocycles. The van der Waals surface area contributed by atoms with Gasteiger partial charge in [-0.25, -0.2) is 0 Å². The first-order chi connectivity index (χ1) is 7.31. The van der Waals surface area contributed by atoms with Crippen molar-refractivity contribution in [3.8, 4) is 0 Å². The monoisotopic (exact) mass is 198 g/mol. The predicted octanol–water partition coefficient (Wildman–Crippen LogP) is 4.51. The van der Waals surface area contributed by atoms with Crippen molar-refractivity contribution in [2.75, 3.05) is 0 Å². The maximum atomic E-state index is 3.81. The second-order valence-electron chi connectivity index (χ2n) is 3.45. The number of hydrogen-bond donors (Lipinski definition) is 0. The van der Waals surface area contributed by atoms with Crippen LogP contribution < -0.4 is 0 Å². The molecule has 1 aliphatic rings. The highest BCUT2D eigenvalue weighted by atomic mass is 14.1. The van der Waals surface area contributed by atoms with Gasteiger partial charge in [-0.1, -0.05) is 62.6 Å². The van der Waals surface area contributed by atoms with Gasteiger partial charge in [0.15, 0.2) is 0 Å². The van der Waals surface area contributed by atoms with E-state index in [1.165, 1.54) is 11.1 Å². The highest BCUT2D eigenvalue weighted by molar-refractivity contribution is 5.52. The zero-order chi connectivity index (χ0) is 11.1. The summed E-state index contributed by atoms with van der Waals surface area (Å²) in [6, 6.07) is 0. The first-order valence-corrected chi connectivity index (χ1v) is 5.34. The molecule has 0 saturated carbocycles. The Morgan fingerprint density at radius 3 is 2.60 bits per heavy atom. The topological polar surface area (TPSA) is 0 Å². The quantitative estimate of drug-likeness (QED) is 0.623. The molecule has 0 unspecified atom stereocenters. The van der Waals surface area contributed by atoms with Crippen LogP contribution in [0, 0.1) is 0 Å². The van der Waals surface area contributed by atoms with Crippen LogP contribution >= 0.6 is 0 Å². The van der Waals surface area contributed by atoms with Crippen molar-refractivity contribution in [1.29, 1.82) is 0 Å². The number of rotatable bonds is 4. The second kappa shape index (κ2) is 6.02. The molecule has 1 aliphatic carbocycles. The third-order valence-corrected chi connectivity index (χ3v) is 2.35. The van der Waals surface area contributed by atoms with Gasteiger partial charge >= 0.3 is 0 Å². The highest BCUT2D eigenvalue weighted by Gasteiger charge is 2.04. The van der Waals surface area contributed by atoms with Gasteiger partial charge in [0, 0.05) is 0 Å². The predicted molar refractivity (Wildman–Crippen MR) is 68.7 cm³/mol. The summed E-state index contributed by atoms with van der Waals surface area (Å²) in [5.41, 5.74) is 3.66. The summed E-state index contributed by atoms with van der Waals surface area (Å²) in [7, 11) is 0. The molecule has 0 aromatic heterocycles. The van der Waals surface area contributed by atoms with Crippen molar-refractivity contribution < 1.29 is 0 Å². The van der Waals surface area contributed by atoms with Crippen molar-refractivity contribution in [3.63, 3.8) is 0 Å². The van der Waals surface area contributed by atoms with E-state index in [1.807, 2.05) is 12.2 Å². The van der Waals surface area contributed by atoms with E-state index in [1.54, 1.807) is 0 Å². The molecule has 0 spiro atoms. The van der Waals surface area contributed by atoms with Crippen LogP contribution in [-0.4, -0.2) is 0 Å². The molecule has 0 radical (unpaired) electrons. The van der Waals surface area contributed by atoms with Gasteiger partial charge in [0.1, 0.15) is 0 Å². The van der Waals surface area contributed by atoms with E-state index >= 15 is 0 Å². The van der Waals surface area contributed by atoms with Gasteiger partial charge in [-0.2, -0.15) is 0 Å². The lowest BCUT2D eigenvalue weighted by molar-refractivity contribution is 1.20. The van der Waals surface area contributed by atoms with Crippen LogP contribution in [0.3, 0.4) is 0 Å². The van der Waals surface area contributed by atoms with Crippen molar-refractivity contribution in [1.82, 2.24) is 0 Å². The molecule has 1 rings (SSSR count). The Morgan fingerprint density at radius 1 is 1.27 bits per heavy atom. The third kappa shape index (κ3) is 3.25. The lowest BCUT2D eigenvalue weighted by Gasteiger charge is -2.11. The van der Waals surface area contributed by atoms with Gasteiger partial charge in [-0.05, 0) is 29.6 Å². The largest absolute Gasteiger partial charge is 0.0985 e. The average molecular weight is 198 g/mol. The maximum Gasteiger partial charge on any atom is -0.00880 e. The Hall–Kier alpha value is -1.56. The summed E-state index contributed by atoms with van der Waals surface area (Å²) in [5.74, 6) is 0. The van der Waals surface area contributed by atoms with Crippen LogP contribution in [0.5, 0.6) is 0 Å². The summed E-state index contributed by atoms with van der Waals surface area (Å²) in [5, 5.41) is 0. The van der Waals surface area contributed by atoms with E-state index in [9.17, 15) is 0 Å². The Balaban J connectivity index is 2.85. The van der Waals surface area contributed by atoms with E-state index in [-0.39, 0.29) is 0 Å². The zero-order valence-electron chi connectivity index (χ0n) is 9.37. The SMILES string of the molecule is C=CC1=CC/C(=C\C=C/CC)C=C1C=C. The molecule has 0 bridgehead atoms. The van der Waals surface area contributed by atoms with Crippen LogP contribution in [0.15, 0.2) is 72.4 Å². The van der Waals surface area contributed by atoms with Crippen LogP contribution in [0.4, 0.5) is 0 Å². The Labute approximate surface area is 92.7 Å². The molecule has 0 fully saturated rings. The second-order valence-corrected chi connectivity index (χ2v) is 3.45. The number of allylic oxidation sites excluding steroid dienone is 10. The van der Waals surface area contributed by atoms with Crippen molar-refractivity contribution in [2.24, 2.45) is 0 Å². The van der Waals surface area contributed by atoms with Gasteiger partial charge < -0.3 is 0 Å². The molecular weight excluding hydrogens is 180 g/mol. The zero-order valence-corrected chi connectivity index (χ0v) is 9.37. The highest BCUT2D eigenvalue weighted by Crippen LogP contribution is 2.23. The Kier molecular flexibility index (Phi) is 4.62. The van der Waals surface area contributed by atoms with Crippen molar-refractivity contribution >= 4 is 0 Å². The summed E-state index contributed by atoms with van der Waals surface area (Å²) in [6.07, 6.45) is 16.6. The van der Waals surface area contributed by atoms with Crippen molar-refractivity contribution in [3.05, 3.63) is 72.4 Å². The molecule has 0 heteroatoms. The molecule has 0 atom stereocenters. The standard InChI is InChI=1S/C15H18/c1-4-7-8-9-13-10-11-14(5-2)15(6-3)12-13/h5-9,11-12H,2-4,10H2,1H3/b8-7-,13-9+. The van der Waals surface area contributed by atoms with Gasteiger partial charge in [-0.15, -0.1) is 0 Å². The molecular formula is C15H18. The fourth-order valence-corrected chi connectivity index (χ4v) is 1.51. The summed E-state index contributed by atoms with van der Waals surface area (Å²) >= 11 is 0. The van der Waals surface area contributed by atoms with E-state index in [4.69, 9.17) is 0 Å². The normalized spacial score (nSPS) is 18.9. The minimum atomic E-state index is 0.979. The van der Waals surface area contributed by atoms with Crippen LogP contribution in [0.2, 0.25) is 0 Å². The molecule has 0 heterocycles. The lowest BCUT2D eigenvalue weighted by atomic mass is 9.94. The van der Waals surface area contributed by atoms with Gasteiger partial charge in [0.2, 0.25) is 0 Å². The fraction of sp³-hybridized carbons (Fsp3) is 0.200. The van der Waals surface area contributed by atoms with E-state index in [0.29, 0.717) is 0 Å². The molecule has 0 saturated heterocycles. The average Bonchev–Trinajstić information content (AvgIpc) is 2.29. The van der Waals surface area contributed by atoms with Gasteiger partial charge in [0.25, 0.3) is 0 Å². The number of hydrogen-bond acceptors (Lipinski definition) is 0. The summed E-state index contributed by atoms with van der Waals surface area (Å²) < 4.78 is 0. The van der Waals surface area contributed by atoms with Crippen molar-refractivity contribution in [2.45, 2.75) is 19.8 Å². The smallest absolute Gasteiger partial charge is 0.00880 e. The fourth-order valence-electron chi connectivity index (χ4n) is 1.51. The molecule has 0 nitrogen and oxygen atoms in total. The summed E-state index contributed by atoms with van der Waals surface area (Å²) in [6.45, 7) is 9.74. The first-order valence-electron chi connectivity index (χ1n) is 5.34. The van der Waals surface area contributed by atoms with E-state index < -0.39 is 0 Å². The Morgan fingerprint density at radius 2 is 2.00 bits per heavy atom. The minimum absolute atomic E-state index is 0.979. The molecule has 78 valence electrons.